The predicted octanol–water partition coefficient (Wildman–Crippen LogP) is 8.45. The first kappa shape index (κ1) is 19.1. The molecule has 244 valence electrons. The Kier molecular flexibility index (Phi) is 6.62. The summed E-state index contributed by atoms with van der Waals surface area (Å²) in [4.78, 5) is 25.0. The summed E-state index contributed by atoms with van der Waals surface area (Å²) in [6.45, 7) is -16.3. The fraction of sp³-hybridized carbons (Fsp3) is 0.471. The molecule has 1 N–H and O–H groups in total. The maximum atomic E-state index is 12.7. The smallest absolute Gasteiger partial charge is 0.410 e. The molecule has 2 fully saturated rings. The van der Waals surface area contributed by atoms with Crippen LogP contribution >= 0.6 is 38.6 Å². The van der Waals surface area contributed by atoms with Crippen molar-refractivity contribution in [3.8, 4) is 0 Å². The van der Waals surface area contributed by atoms with E-state index in [2.05, 4.69) is 45.6 Å². The van der Waals surface area contributed by atoms with Crippen LogP contribution in [0.4, 0.5) is 15.3 Å². The minimum absolute atomic E-state index is 0.0136. The molecule has 0 saturated carbocycles. The van der Waals surface area contributed by atoms with Crippen LogP contribution in [0.3, 0.4) is 0 Å². The fourth-order valence-electron chi connectivity index (χ4n) is 3.53. The van der Waals surface area contributed by atoms with Crippen molar-refractivity contribution in [3.63, 3.8) is 0 Å². The fourth-order valence-corrected chi connectivity index (χ4v) is 5.78. The van der Waals surface area contributed by atoms with Crippen molar-refractivity contribution >= 4 is 76.6 Å². The van der Waals surface area contributed by atoms with Crippen LogP contribution in [0, 0.1) is 0 Å². The first-order chi connectivity index (χ1) is 27.3. The summed E-state index contributed by atoms with van der Waals surface area (Å²) in [6.07, 6.45) is -2.97. The Bertz CT molecular complexity index is 2210. The molecular formula is C34H45BrN4O4S2. The van der Waals surface area contributed by atoms with Gasteiger partial charge in [-0.25, -0.2) is 9.59 Å². The number of benzene rings is 2. The summed E-state index contributed by atoms with van der Waals surface area (Å²) in [7, 11) is 0. The largest absolute Gasteiger partial charge is 0.444 e. The molecule has 8 nitrogen and oxygen atoms in total. The van der Waals surface area contributed by atoms with Gasteiger partial charge in [0.15, 0.2) is 0 Å². The van der Waals surface area contributed by atoms with Crippen LogP contribution in [0.1, 0.15) is 63.5 Å². The van der Waals surface area contributed by atoms with Gasteiger partial charge in [-0.1, -0.05) is 28.1 Å². The molecule has 2 amide bonds. The van der Waals surface area contributed by atoms with Crippen LogP contribution in [-0.2, 0) is 9.47 Å². The molecule has 0 spiro atoms. The number of carbonyl (C=O) groups is 2. The van der Waals surface area contributed by atoms with Gasteiger partial charge in [0.2, 0.25) is 0 Å². The minimum Gasteiger partial charge on any atom is -0.444 e. The quantitative estimate of drug-likeness (QED) is 0.212. The summed E-state index contributed by atoms with van der Waals surface area (Å²) in [5, 5.41) is 7.22. The molecule has 0 radical (unpaired) electrons. The Balaban J connectivity index is 0.000000227. The van der Waals surface area contributed by atoms with Crippen molar-refractivity contribution in [2.75, 3.05) is 56.9 Å². The summed E-state index contributed by atoms with van der Waals surface area (Å²) < 4.78 is 142. The van der Waals surface area contributed by atoms with Crippen LogP contribution in [0.15, 0.2) is 63.8 Å². The van der Waals surface area contributed by atoms with E-state index < -0.39 is 75.4 Å². The van der Waals surface area contributed by atoms with Crippen molar-refractivity contribution in [1.29, 1.82) is 0 Å². The van der Waals surface area contributed by atoms with Crippen LogP contribution in [0.25, 0.3) is 20.2 Å². The van der Waals surface area contributed by atoms with Crippen LogP contribution in [0.5, 0.6) is 0 Å². The number of halogens is 1. The number of rotatable bonds is 1. The summed E-state index contributed by atoms with van der Waals surface area (Å²) in [6, 6.07) is 14.7. The second-order valence-electron chi connectivity index (χ2n) is 11.2. The molecule has 0 aliphatic carbocycles. The molecule has 0 unspecified atom stereocenters. The molecule has 45 heavy (non-hydrogen) atoms. The molecule has 4 heterocycles. The molecule has 11 heteroatoms. The van der Waals surface area contributed by atoms with E-state index in [0.717, 1.165) is 0 Å². The highest BCUT2D eigenvalue weighted by atomic mass is 79.9. The number of ether oxygens (including phenoxy) is 2. The normalized spacial score (nSPS) is 29.8. The molecule has 0 atom stereocenters. The van der Waals surface area contributed by atoms with E-state index in [-0.39, 0.29) is 15.5 Å². The number of nitrogens with zero attached hydrogens (tertiary/aromatic N) is 3. The Labute approximate surface area is 305 Å². The SMILES string of the molecule is Brc1cccc2sccc12.[2H]C1([2H])N(C(=O)OC(C)(C)C)C([2H])([2H])C([2H])([2H])N(c2cccc3sccc23)C1([2H])[2H].[2H]C1([2H])NC([2H])([2H])C([2H])([2H])N(C(=O)OC(C)(C)C)C1([2H])[2H]. The molecule has 4 aromatic rings. The lowest BCUT2D eigenvalue weighted by atomic mass is 10.2. The molecular weight excluding hydrogens is 672 g/mol. The van der Waals surface area contributed by atoms with E-state index in [1.54, 1.807) is 40.2 Å². The third-order valence-corrected chi connectivity index (χ3v) is 7.77. The van der Waals surface area contributed by atoms with Gasteiger partial charge in [0.05, 0.1) is 16.4 Å². The van der Waals surface area contributed by atoms with Crippen LogP contribution in [0.2, 0.25) is 0 Å². The number of piperazine rings is 2. The minimum atomic E-state index is -3.28. The van der Waals surface area contributed by atoms with Crippen molar-refractivity contribution < 1.29 is 41.0 Å². The van der Waals surface area contributed by atoms with Crippen LogP contribution < -0.4 is 10.2 Å². The molecule has 0 bridgehead atoms. The van der Waals surface area contributed by atoms with E-state index in [9.17, 15) is 9.59 Å². The zero-order valence-corrected chi connectivity index (χ0v) is 28.7. The predicted molar refractivity (Wildman–Crippen MR) is 192 cm³/mol. The highest BCUT2D eigenvalue weighted by Gasteiger charge is 2.26. The monoisotopic (exact) mass is 732 g/mol. The lowest BCUT2D eigenvalue weighted by Gasteiger charge is -2.37. The van der Waals surface area contributed by atoms with Gasteiger partial charge in [0.1, 0.15) is 11.2 Å². The van der Waals surface area contributed by atoms with Crippen molar-refractivity contribution in [2.45, 2.75) is 52.7 Å². The molecule has 2 aromatic carbocycles. The zero-order valence-electron chi connectivity index (χ0n) is 41.4. The van der Waals surface area contributed by atoms with Crippen LogP contribution in [-0.4, -0.2) is 85.2 Å². The van der Waals surface area contributed by atoms with Gasteiger partial charge in [-0.05, 0) is 88.7 Å². The molecule has 2 aliphatic rings. The van der Waals surface area contributed by atoms with Crippen molar-refractivity contribution in [1.82, 2.24) is 15.1 Å². The van der Waals surface area contributed by atoms with E-state index in [1.165, 1.54) is 73.5 Å². The van der Waals surface area contributed by atoms with Gasteiger partial charge in [0, 0.05) is 87.8 Å². The molecule has 2 saturated heterocycles. The lowest BCUT2D eigenvalue weighted by Crippen LogP contribution is -2.50. The summed E-state index contributed by atoms with van der Waals surface area (Å²) >= 11 is 6.59. The number of fused-ring (bicyclic) bond motifs is 2. The van der Waals surface area contributed by atoms with E-state index in [0.29, 0.717) is 15.0 Å². The average Bonchev–Trinajstić information content (AvgIpc) is 3.73. The van der Waals surface area contributed by atoms with Gasteiger partial charge in [-0.3, -0.25) is 0 Å². The number of carbonyl (C=O) groups excluding carboxylic acids is 2. The van der Waals surface area contributed by atoms with Crippen molar-refractivity contribution in [2.24, 2.45) is 0 Å². The Morgan fingerprint density at radius 3 is 1.76 bits per heavy atom. The van der Waals surface area contributed by atoms with Gasteiger partial charge in [-0.2, -0.15) is 0 Å². The number of hydrogen-bond acceptors (Lipinski definition) is 8. The Morgan fingerprint density at radius 2 is 1.22 bits per heavy atom. The van der Waals surface area contributed by atoms with Gasteiger partial charge in [-0.15, -0.1) is 22.7 Å². The second kappa shape index (κ2) is 15.6. The molecule has 2 aromatic heterocycles. The number of nitrogens with one attached hydrogen (secondary N) is 1. The van der Waals surface area contributed by atoms with E-state index >= 15 is 0 Å². The third-order valence-electron chi connectivity index (χ3n) is 5.32. The number of hydrogen-bond donors (Lipinski definition) is 1. The first-order valence-electron chi connectivity index (χ1n) is 21.5. The highest BCUT2D eigenvalue weighted by molar-refractivity contribution is 9.10. The van der Waals surface area contributed by atoms with E-state index in [4.69, 9.17) is 31.4 Å². The molecule has 6 rings (SSSR count). The number of thiophene rings is 2. The summed E-state index contributed by atoms with van der Waals surface area (Å²) in [5.74, 6) is 0. The number of amides is 2. The standard InChI is InChI=1S/C17H22N2O2S.C9H18N2O2.C8H5BrS/c1-17(2,3)21-16(20)19-10-8-18(9-11-19)14-5-4-6-15-13(14)7-12-22-15;1-9(2,3)13-8(12)11-6-4-10-5-7-11;9-7-2-1-3-8-6(7)4-5-10-8/h4-7,12H,8-11H2,1-3H3;10H,4-7H2,1-3H3;1-5H/i8D2,9D2,10D2,11D2;4D2,5D2,6D2,7D2;. The summed E-state index contributed by atoms with van der Waals surface area (Å²) in [5.41, 5.74) is -2.21. The highest BCUT2D eigenvalue weighted by Crippen LogP contribution is 2.31. The molecule has 2 aliphatic heterocycles. The maximum absolute atomic E-state index is 12.7. The second-order valence-corrected chi connectivity index (χ2v) is 13.9. The van der Waals surface area contributed by atoms with Crippen molar-refractivity contribution in [3.05, 3.63) is 63.8 Å². The Morgan fingerprint density at radius 1 is 0.733 bits per heavy atom. The maximum Gasteiger partial charge on any atom is 0.410 e. The van der Waals surface area contributed by atoms with Gasteiger partial charge in [0.25, 0.3) is 0 Å². The van der Waals surface area contributed by atoms with E-state index in [1.807, 2.05) is 0 Å². The lowest BCUT2D eigenvalue weighted by molar-refractivity contribution is 0.0223. The Hall–Kier alpha value is -2.86. The van der Waals surface area contributed by atoms with Gasteiger partial charge < -0.3 is 29.5 Å². The van der Waals surface area contributed by atoms with Gasteiger partial charge >= 0.3 is 12.2 Å². The number of anilines is 1. The first-order valence-corrected chi connectivity index (χ1v) is 16.1. The average molecular weight is 734 g/mol. The third kappa shape index (κ3) is 10.6. The topological polar surface area (TPSA) is 74.4 Å². The zero-order chi connectivity index (χ0) is 47.0.